The van der Waals surface area contributed by atoms with Gasteiger partial charge in [-0.1, -0.05) is 30.1 Å². The van der Waals surface area contributed by atoms with Crippen LogP contribution in [0, 0.1) is 0 Å². The van der Waals surface area contributed by atoms with Gasteiger partial charge in [0.15, 0.2) is 5.82 Å². The first-order chi connectivity index (χ1) is 8.10. The van der Waals surface area contributed by atoms with Gasteiger partial charge in [0.05, 0.1) is 5.02 Å². The van der Waals surface area contributed by atoms with Crippen LogP contribution in [0.3, 0.4) is 0 Å². The molecule has 5 heteroatoms. The average Bonchev–Trinajstić information content (AvgIpc) is 2.31. The predicted molar refractivity (Wildman–Crippen MR) is 71.3 cm³/mol. The van der Waals surface area contributed by atoms with Crippen LogP contribution in [0.25, 0.3) is 11.4 Å². The Hall–Kier alpha value is -1.32. The molecular weight excluding hydrogens is 257 g/mol. The Labute approximate surface area is 110 Å². The molecule has 0 aliphatic heterocycles. The molecule has 0 spiro atoms. The summed E-state index contributed by atoms with van der Waals surface area (Å²) in [6, 6.07) is 6.93. The van der Waals surface area contributed by atoms with E-state index in [2.05, 4.69) is 9.97 Å². The minimum absolute atomic E-state index is 0.433. The van der Waals surface area contributed by atoms with Crippen LogP contribution in [0.1, 0.15) is 12.6 Å². The summed E-state index contributed by atoms with van der Waals surface area (Å²) in [5, 5.41) is 1.15. The number of hydrogen-bond acceptors (Lipinski definition) is 3. The maximum absolute atomic E-state index is 6.10. The predicted octanol–water partition coefficient (Wildman–Crippen LogP) is 3.60. The number of rotatable bonds is 2. The standard InChI is InChI=1S/C12H11Cl2N3/c1-2-8-6-11(15)17-12(16-8)9-5-7(13)3-4-10(9)14/h3-6H,2H2,1H3,(H2,15,16,17). The number of hydrogen-bond donors (Lipinski definition) is 1. The van der Waals surface area contributed by atoms with Crippen LogP contribution >= 0.6 is 23.2 Å². The maximum Gasteiger partial charge on any atom is 0.163 e. The van der Waals surface area contributed by atoms with E-state index in [0.29, 0.717) is 27.3 Å². The first-order valence-corrected chi connectivity index (χ1v) is 5.94. The quantitative estimate of drug-likeness (QED) is 0.905. The van der Waals surface area contributed by atoms with Crippen LogP contribution in [-0.4, -0.2) is 9.97 Å². The Bertz CT molecular complexity index is 555. The highest BCUT2D eigenvalue weighted by molar-refractivity contribution is 6.35. The summed E-state index contributed by atoms with van der Waals surface area (Å²) >= 11 is 12.0. The SMILES string of the molecule is CCc1cc(N)nc(-c2cc(Cl)ccc2Cl)n1. The van der Waals surface area contributed by atoms with Crippen molar-refractivity contribution in [3.8, 4) is 11.4 Å². The molecule has 1 heterocycles. The molecule has 0 aliphatic rings. The Morgan fingerprint density at radius 2 is 1.94 bits per heavy atom. The summed E-state index contributed by atoms with van der Waals surface area (Å²) in [4.78, 5) is 8.57. The Morgan fingerprint density at radius 3 is 2.65 bits per heavy atom. The van der Waals surface area contributed by atoms with Gasteiger partial charge in [-0.15, -0.1) is 0 Å². The van der Waals surface area contributed by atoms with E-state index >= 15 is 0 Å². The topological polar surface area (TPSA) is 51.8 Å². The summed E-state index contributed by atoms with van der Waals surface area (Å²) in [6.45, 7) is 2.01. The van der Waals surface area contributed by atoms with Gasteiger partial charge < -0.3 is 5.73 Å². The van der Waals surface area contributed by atoms with E-state index in [1.807, 2.05) is 6.92 Å². The summed E-state index contributed by atoms with van der Waals surface area (Å²) in [7, 11) is 0. The fraction of sp³-hybridized carbons (Fsp3) is 0.167. The molecule has 0 amide bonds. The van der Waals surface area contributed by atoms with Crippen LogP contribution in [0.2, 0.25) is 10.0 Å². The number of aromatic nitrogens is 2. The lowest BCUT2D eigenvalue weighted by Crippen LogP contribution is -1.99. The fourth-order valence-corrected chi connectivity index (χ4v) is 1.86. The minimum atomic E-state index is 0.433. The lowest BCUT2D eigenvalue weighted by Gasteiger charge is -2.06. The normalized spacial score (nSPS) is 10.5. The molecule has 1 aromatic carbocycles. The average molecular weight is 268 g/mol. The first-order valence-electron chi connectivity index (χ1n) is 5.19. The zero-order chi connectivity index (χ0) is 12.4. The second-order valence-corrected chi connectivity index (χ2v) is 4.43. The van der Waals surface area contributed by atoms with Crippen LogP contribution < -0.4 is 5.73 Å². The third-order valence-electron chi connectivity index (χ3n) is 2.33. The van der Waals surface area contributed by atoms with Gasteiger partial charge >= 0.3 is 0 Å². The second kappa shape index (κ2) is 4.90. The van der Waals surface area contributed by atoms with Gasteiger partial charge in [0.25, 0.3) is 0 Å². The van der Waals surface area contributed by atoms with Crippen molar-refractivity contribution < 1.29 is 0 Å². The van der Waals surface area contributed by atoms with Crippen LogP contribution in [-0.2, 0) is 6.42 Å². The molecule has 0 saturated carbocycles. The van der Waals surface area contributed by atoms with Gasteiger partial charge in [-0.3, -0.25) is 0 Å². The van der Waals surface area contributed by atoms with E-state index in [-0.39, 0.29) is 0 Å². The number of halogens is 2. The van der Waals surface area contributed by atoms with Crippen molar-refractivity contribution in [2.75, 3.05) is 5.73 Å². The number of nitrogens with two attached hydrogens (primary N) is 1. The highest BCUT2D eigenvalue weighted by Gasteiger charge is 2.09. The van der Waals surface area contributed by atoms with Crippen molar-refractivity contribution in [1.29, 1.82) is 0 Å². The number of benzene rings is 1. The van der Waals surface area contributed by atoms with Crippen molar-refractivity contribution in [2.24, 2.45) is 0 Å². The van der Waals surface area contributed by atoms with Crippen molar-refractivity contribution in [3.63, 3.8) is 0 Å². The smallest absolute Gasteiger partial charge is 0.163 e. The highest BCUT2D eigenvalue weighted by atomic mass is 35.5. The van der Waals surface area contributed by atoms with Crippen molar-refractivity contribution in [3.05, 3.63) is 40.0 Å². The highest BCUT2D eigenvalue weighted by Crippen LogP contribution is 2.28. The molecular formula is C12H11Cl2N3. The zero-order valence-electron chi connectivity index (χ0n) is 9.24. The summed E-state index contributed by atoms with van der Waals surface area (Å²) < 4.78 is 0. The Morgan fingerprint density at radius 1 is 1.18 bits per heavy atom. The number of nitrogens with zero attached hydrogens (tertiary/aromatic N) is 2. The molecule has 0 atom stereocenters. The summed E-state index contributed by atoms with van der Waals surface area (Å²) in [5.74, 6) is 0.942. The lowest BCUT2D eigenvalue weighted by molar-refractivity contribution is 1.01. The molecule has 0 fully saturated rings. The van der Waals surface area contributed by atoms with E-state index in [1.165, 1.54) is 0 Å². The number of anilines is 1. The third kappa shape index (κ3) is 2.68. The van der Waals surface area contributed by atoms with Gasteiger partial charge in [0.1, 0.15) is 5.82 Å². The fourth-order valence-electron chi connectivity index (χ4n) is 1.49. The van der Waals surface area contributed by atoms with Gasteiger partial charge in [-0.05, 0) is 24.6 Å². The second-order valence-electron chi connectivity index (χ2n) is 3.59. The zero-order valence-corrected chi connectivity index (χ0v) is 10.8. The molecule has 88 valence electrons. The molecule has 2 rings (SSSR count). The van der Waals surface area contributed by atoms with Crippen molar-refractivity contribution in [2.45, 2.75) is 13.3 Å². The lowest BCUT2D eigenvalue weighted by atomic mass is 10.2. The number of aryl methyl sites for hydroxylation is 1. The molecule has 3 nitrogen and oxygen atoms in total. The van der Waals surface area contributed by atoms with Crippen molar-refractivity contribution >= 4 is 29.0 Å². The molecule has 1 aromatic heterocycles. The van der Waals surface area contributed by atoms with Crippen LogP contribution in [0.4, 0.5) is 5.82 Å². The third-order valence-corrected chi connectivity index (χ3v) is 2.90. The van der Waals surface area contributed by atoms with E-state index in [1.54, 1.807) is 24.3 Å². The minimum Gasteiger partial charge on any atom is -0.384 e. The van der Waals surface area contributed by atoms with Gasteiger partial charge in [0, 0.05) is 22.3 Å². The van der Waals surface area contributed by atoms with Gasteiger partial charge in [-0.2, -0.15) is 0 Å². The molecule has 0 saturated heterocycles. The monoisotopic (exact) mass is 267 g/mol. The van der Waals surface area contributed by atoms with Gasteiger partial charge in [-0.25, -0.2) is 9.97 Å². The van der Waals surface area contributed by atoms with Gasteiger partial charge in [0.2, 0.25) is 0 Å². The molecule has 0 radical (unpaired) electrons. The largest absolute Gasteiger partial charge is 0.384 e. The maximum atomic E-state index is 6.10. The summed E-state index contributed by atoms with van der Waals surface area (Å²) in [5.41, 5.74) is 7.31. The van der Waals surface area contributed by atoms with Crippen molar-refractivity contribution in [1.82, 2.24) is 9.97 Å². The first kappa shape index (κ1) is 12.1. The Balaban J connectivity index is 2.59. The Kier molecular flexibility index (Phi) is 3.50. The van der Waals surface area contributed by atoms with E-state index in [0.717, 1.165) is 12.1 Å². The van der Waals surface area contributed by atoms with Crippen LogP contribution in [0.5, 0.6) is 0 Å². The molecule has 0 unspecified atom stereocenters. The molecule has 2 aromatic rings. The van der Waals surface area contributed by atoms with E-state index in [4.69, 9.17) is 28.9 Å². The summed E-state index contributed by atoms with van der Waals surface area (Å²) in [6.07, 6.45) is 0.790. The van der Waals surface area contributed by atoms with E-state index < -0.39 is 0 Å². The van der Waals surface area contributed by atoms with E-state index in [9.17, 15) is 0 Å². The molecule has 0 bridgehead atoms. The van der Waals surface area contributed by atoms with Crippen LogP contribution in [0.15, 0.2) is 24.3 Å². The number of nitrogen functional groups attached to an aromatic ring is 1. The molecule has 17 heavy (non-hydrogen) atoms. The molecule has 2 N–H and O–H groups in total. The molecule has 0 aliphatic carbocycles.